The van der Waals surface area contributed by atoms with Crippen LogP contribution in [0.3, 0.4) is 0 Å². The molecule has 5 rings (SSSR count). The van der Waals surface area contributed by atoms with Gasteiger partial charge in [0.1, 0.15) is 5.58 Å². The molecule has 2 heterocycles. The maximum Gasteiger partial charge on any atom is 0.290 e. The molecule has 1 amide bonds. The zero-order chi connectivity index (χ0) is 26.6. The monoisotopic (exact) mass is 511 g/mol. The van der Waals surface area contributed by atoms with Gasteiger partial charge in [-0.3, -0.25) is 9.59 Å². The highest BCUT2D eigenvalue weighted by atomic mass is 16.5. The summed E-state index contributed by atoms with van der Waals surface area (Å²) in [7, 11) is 0. The summed E-state index contributed by atoms with van der Waals surface area (Å²) in [5.41, 5.74) is 2.50. The van der Waals surface area contributed by atoms with Crippen molar-refractivity contribution in [3.63, 3.8) is 0 Å². The highest BCUT2D eigenvalue weighted by Gasteiger charge is 2.42. The molecular weight excluding hydrogens is 478 g/mol. The molecule has 1 unspecified atom stereocenters. The standard InChI is InChI=1S/C32H33NO5/c1-4-36-27-20-23(14-15-26(27)37-19-17-21(2)3)29-28-30(34)24-12-8-9-13-25(24)38-31(28)32(35)33(29)18-16-22-10-6-5-7-11-22/h5-15,20-21,29H,4,16-19H2,1-3H3. The van der Waals surface area contributed by atoms with Gasteiger partial charge < -0.3 is 18.8 Å². The lowest BCUT2D eigenvalue weighted by Crippen LogP contribution is -2.31. The molecule has 4 aromatic rings. The van der Waals surface area contributed by atoms with Crippen LogP contribution in [0.1, 0.15) is 60.5 Å². The molecule has 6 nitrogen and oxygen atoms in total. The largest absolute Gasteiger partial charge is 0.490 e. The zero-order valence-electron chi connectivity index (χ0n) is 22.1. The average Bonchev–Trinajstić information content (AvgIpc) is 3.20. The van der Waals surface area contributed by atoms with Crippen LogP contribution in [0.25, 0.3) is 11.0 Å². The number of ether oxygens (including phenoxy) is 2. The molecule has 0 bridgehead atoms. The predicted octanol–water partition coefficient (Wildman–Crippen LogP) is 6.40. The Labute approximate surface area is 222 Å². The average molecular weight is 512 g/mol. The van der Waals surface area contributed by atoms with Crippen molar-refractivity contribution in [2.75, 3.05) is 19.8 Å². The van der Waals surface area contributed by atoms with Gasteiger partial charge in [0.05, 0.1) is 30.2 Å². The highest BCUT2D eigenvalue weighted by Crippen LogP contribution is 2.41. The fourth-order valence-corrected chi connectivity index (χ4v) is 4.93. The number of benzene rings is 3. The topological polar surface area (TPSA) is 69.0 Å². The Morgan fingerprint density at radius 2 is 1.68 bits per heavy atom. The maximum atomic E-state index is 13.8. The van der Waals surface area contributed by atoms with Crippen LogP contribution in [0.4, 0.5) is 0 Å². The number of carbonyl (C=O) groups is 1. The number of para-hydroxylation sites is 1. The van der Waals surface area contributed by atoms with Crippen molar-refractivity contribution in [1.82, 2.24) is 4.90 Å². The summed E-state index contributed by atoms with van der Waals surface area (Å²) in [5.74, 6) is 1.61. The Morgan fingerprint density at radius 1 is 0.921 bits per heavy atom. The Hall–Kier alpha value is -4.06. The minimum Gasteiger partial charge on any atom is -0.490 e. The van der Waals surface area contributed by atoms with Gasteiger partial charge in [-0.2, -0.15) is 0 Å². The molecule has 0 fully saturated rings. The smallest absolute Gasteiger partial charge is 0.290 e. The lowest BCUT2D eigenvalue weighted by Gasteiger charge is -2.26. The van der Waals surface area contributed by atoms with Gasteiger partial charge in [-0.05, 0) is 61.1 Å². The van der Waals surface area contributed by atoms with E-state index >= 15 is 0 Å². The van der Waals surface area contributed by atoms with Crippen molar-refractivity contribution in [1.29, 1.82) is 0 Å². The summed E-state index contributed by atoms with van der Waals surface area (Å²) in [6.07, 6.45) is 1.58. The second-order valence-corrected chi connectivity index (χ2v) is 9.98. The first-order valence-electron chi connectivity index (χ1n) is 13.3. The minimum absolute atomic E-state index is 0.113. The van der Waals surface area contributed by atoms with E-state index in [9.17, 15) is 9.59 Å². The van der Waals surface area contributed by atoms with Crippen molar-refractivity contribution >= 4 is 16.9 Å². The molecule has 6 heteroatoms. The van der Waals surface area contributed by atoms with Gasteiger partial charge >= 0.3 is 0 Å². The van der Waals surface area contributed by atoms with Crippen molar-refractivity contribution in [2.24, 2.45) is 5.92 Å². The normalized spacial score (nSPS) is 14.8. The van der Waals surface area contributed by atoms with Gasteiger partial charge in [0.15, 0.2) is 16.9 Å². The molecule has 0 aliphatic carbocycles. The number of hydrogen-bond acceptors (Lipinski definition) is 5. The Bertz CT molecular complexity index is 1490. The van der Waals surface area contributed by atoms with Crippen LogP contribution in [-0.2, 0) is 6.42 Å². The van der Waals surface area contributed by atoms with E-state index in [0.29, 0.717) is 60.1 Å². The molecule has 0 saturated heterocycles. The van der Waals surface area contributed by atoms with Crippen LogP contribution in [0, 0.1) is 5.92 Å². The van der Waals surface area contributed by atoms with Crippen LogP contribution in [-0.4, -0.2) is 30.6 Å². The molecule has 1 atom stereocenters. The Morgan fingerprint density at radius 3 is 2.45 bits per heavy atom. The van der Waals surface area contributed by atoms with Gasteiger partial charge in [-0.1, -0.05) is 62.4 Å². The van der Waals surface area contributed by atoms with Crippen LogP contribution in [0.2, 0.25) is 0 Å². The second kappa shape index (κ2) is 11.1. The molecular formula is C32H33NO5. The predicted molar refractivity (Wildman–Crippen MR) is 148 cm³/mol. The zero-order valence-corrected chi connectivity index (χ0v) is 22.1. The quantitative estimate of drug-likeness (QED) is 0.246. The molecule has 3 aromatic carbocycles. The van der Waals surface area contributed by atoms with Crippen LogP contribution < -0.4 is 14.9 Å². The summed E-state index contributed by atoms with van der Waals surface area (Å²) in [5, 5.41) is 0.465. The van der Waals surface area contributed by atoms with E-state index in [0.717, 1.165) is 17.5 Å². The third-order valence-electron chi connectivity index (χ3n) is 6.89. The molecule has 0 spiro atoms. The van der Waals surface area contributed by atoms with Crippen LogP contribution >= 0.6 is 0 Å². The third kappa shape index (κ3) is 5.03. The van der Waals surface area contributed by atoms with Crippen molar-refractivity contribution in [2.45, 2.75) is 39.7 Å². The molecule has 0 radical (unpaired) electrons. The summed E-state index contributed by atoms with van der Waals surface area (Å²) in [4.78, 5) is 29.2. The van der Waals surface area contributed by atoms with E-state index in [1.165, 1.54) is 0 Å². The summed E-state index contributed by atoms with van der Waals surface area (Å²) >= 11 is 0. The molecule has 1 aliphatic heterocycles. The number of rotatable bonds is 10. The first-order valence-corrected chi connectivity index (χ1v) is 13.3. The van der Waals surface area contributed by atoms with Gasteiger partial charge in [-0.25, -0.2) is 0 Å². The Kier molecular flexibility index (Phi) is 7.50. The first-order chi connectivity index (χ1) is 18.5. The minimum atomic E-state index is -0.592. The van der Waals surface area contributed by atoms with Gasteiger partial charge in [0.2, 0.25) is 5.76 Å². The number of nitrogens with zero attached hydrogens (tertiary/aromatic N) is 1. The van der Waals surface area contributed by atoms with E-state index in [-0.39, 0.29) is 17.1 Å². The van der Waals surface area contributed by atoms with E-state index in [1.54, 1.807) is 29.2 Å². The lowest BCUT2D eigenvalue weighted by atomic mass is 9.97. The third-order valence-corrected chi connectivity index (χ3v) is 6.89. The van der Waals surface area contributed by atoms with Gasteiger partial charge in [0, 0.05) is 6.54 Å². The molecule has 196 valence electrons. The first kappa shape index (κ1) is 25.6. The molecule has 0 saturated carbocycles. The maximum absolute atomic E-state index is 13.8. The van der Waals surface area contributed by atoms with E-state index < -0.39 is 6.04 Å². The summed E-state index contributed by atoms with van der Waals surface area (Å²) in [6, 6.07) is 22.2. The van der Waals surface area contributed by atoms with Gasteiger partial charge in [-0.15, -0.1) is 0 Å². The lowest BCUT2D eigenvalue weighted by molar-refractivity contribution is 0.0729. The molecule has 38 heavy (non-hydrogen) atoms. The fraction of sp³-hybridized carbons (Fsp3) is 0.312. The van der Waals surface area contributed by atoms with Crippen LogP contribution in [0.15, 0.2) is 82.0 Å². The van der Waals surface area contributed by atoms with Crippen molar-refractivity contribution in [3.05, 3.63) is 105 Å². The van der Waals surface area contributed by atoms with Gasteiger partial charge in [0.25, 0.3) is 5.91 Å². The number of hydrogen-bond donors (Lipinski definition) is 0. The van der Waals surface area contributed by atoms with E-state index in [2.05, 4.69) is 13.8 Å². The SMILES string of the molecule is CCOc1cc(C2c3c(oc4ccccc4c3=O)C(=O)N2CCc2ccccc2)ccc1OCCC(C)C. The Balaban J connectivity index is 1.58. The highest BCUT2D eigenvalue weighted by molar-refractivity contribution is 5.99. The molecule has 0 N–H and O–H groups in total. The van der Waals surface area contributed by atoms with E-state index in [1.807, 2.05) is 55.5 Å². The summed E-state index contributed by atoms with van der Waals surface area (Å²) < 4.78 is 18.0. The number of fused-ring (bicyclic) bond motifs is 2. The number of carbonyl (C=O) groups excluding carboxylic acids is 1. The molecule has 1 aromatic heterocycles. The van der Waals surface area contributed by atoms with Crippen molar-refractivity contribution < 1.29 is 18.7 Å². The fourth-order valence-electron chi connectivity index (χ4n) is 4.93. The molecule has 1 aliphatic rings. The second-order valence-electron chi connectivity index (χ2n) is 9.98. The van der Waals surface area contributed by atoms with Crippen molar-refractivity contribution in [3.8, 4) is 11.5 Å². The number of amides is 1. The van der Waals surface area contributed by atoms with E-state index in [4.69, 9.17) is 13.9 Å². The van der Waals surface area contributed by atoms with Crippen LogP contribution in [0.5, 0.6) is 11.5 Å². The summed E-state index contributed by atoms with van der Waals surface area (Å²) in [6.45, 7) is 7.72.